The van der Waals surface area contributed by atoms with Gasteiger partial charge >= 0.3 is 0 Å². The standard InChI is InChI=1S/C18H25N3O2.ClH/c1-10(12-4-3-5-15(9-12)21-11(2)22)20-18(23)16-13-6-7-14(8-13)17(16)19;/h3-5,9-10,13-14,16-17H,6-8,19H2,1-2H3,(H,20,23)(H,21,22);1H. The average molecular weight is 352 g/mol. The van der Waals surface area contributed by atoms with Gasteiger partial charge in [-0.2, -0.15) is 0 Å². The zero-order chi connectivity index (χ0) is 16.6. The third-order valence-electron chi connectivity index (χ3n) is 5.35. The molecule has 2 amide bonds. The van der Waals surface area contributed by atoms with Crippen molar-refractivity contribution in [2.24, 2.45) is 23.5 Å². The molecule has 0 heterocycles. The van der Waals surface area contributed by atoms with Gasteiger partial charge in [-0.3, -0.25) is 9.59 Å². The molecular weight excluding hydrogens is 326 g/mol. The summed E-state index contributed by atoms with van der Waals surface area (Å²) in [5.41, 5.74) is 7.97. The van der Waals surface area contributed by atoms with Gasteiger partial charge in [0.05, 0.1) is 12.0 Å². The van der Waals surface area contributed by atoms with Crippen molar-refractivity contribution in [1.29, 1.82) is 0 Å². The van der Waals surface area contributed by atoms with Gasteiger partial charge in [-0.15, -0.1) is 12.4 Å². The summed E-state index contributed by atoms with van der Waals surface area (Å²) in [6.45, 7) is 3.44. The number of nitrogens with two attached hydrogens (primary N) is 1. The van der Waals surface area contributed by atoms with Gasteiger partial charge in [-0.1, -0.05) is 12.1 Å². The highest BCUT2D eigenvalue weighted by molar-refractivity contribution is 5.88. The lowest BCUT2D eigenvalue weighted by molar-refractivity contribution is -0.127. The summed E-state index contributed by atoms with van der Waals surface area (Å²) in [5, 5.41) is 5.87. The van der Waals surface area contributed by atoms with Gasteiger partial charge in [0.1, 0.15) is 0 Å². The van der Waals surface area contributed by atoms with Crippen LogP contribution in [0.1, 0.15) is 44.7 Å². The first-order valence-electron chi connectivity index (χ1n) is 8.39. The second-order valence-corrected chi connectivity index (χ2v) is 6.97. The first-order valence-corrected chi connectivity index (χ1v) is 8.39. The summed E-state index contributed by atoms with van der Waals surface area (Å²) < 4.78 is 0. The second kappa shape index (κ2) is 7.53. The van der Waals surface area contributed by atoms with Gasteiger partial charge in [-0.25, -0.2) is 0 Å². The lowest BCUT2D eigenvalue weighted by Crippen LogP contribution is -2.45. The van der Waals surface area contributed by atoms with Crippen LogP contribution in [0.25, 0.3) is 0 Å². The number of carbonyl (C=O) groups is 2. The van der Waals surface area contributed by atoms with E-state index >= 15 is 0 Å². The summed E-state index contributed by atoms with van der Waals surface area (Å²) >= 11 is 0. The summed E-state index contributed by atoms with van der Waals surface area (Å²) in [4.78, 5) is 23.8. The fourth-order valence-electron chi connectivity index (χ4n) is 4.21. The number of amides is 2. The van der Waals surface area contributed by atoms with E-state index in [0.29, 0.717) is 11.8 Å². The number of anilines is 1. The highest BCUT2D eigenvalue weighted by atomic mass is 35.5. The van der Waals surface area contributed by atoms with Crippen LogP contribution in [0.4, 0.5) is 5.69 Å². The number of fused-ring (bicyclic) bond motifs is 2. The van der Waals surface area contributed by atoms with Gasteiger partial charge in [0.25, 0.3) is 0 Å². The minimum absolute atomic E-state index is 0. The van der Waals surface area contributed by atoms with E-state index in [1.54, 1.807) is 0 Å². The van der Waals surface area contributed by atoms with Crippen molar-refractivity contribution in [2.45, 2.75) is 45.2 Å². The molecule has 0 aromatic heterocycles. The van der Waals surface area contributed by atoms with E-state index in [4.69, 9.17) is 5.73 Å². The SMILES string of the molecule is CC(=O)Nc1cccc(C(C)NC(=O)C2C3CCC(C3)C2N)c1.Cl. The molecule has 5 unspecified atom stereocenters. The first-order chi connectivity index (χ1) is 11.0. The molecule has 132 valence electrons. The predicted octanol–water partition coefficient (Wildman–Crippen LogP) is 2.62. The maximum absolute atomic E-state index is 12.6. The molecule has 1 aromatic carbocycles. The number of rotatable bonds is 4. The zero-order valence-electron chi connectivity index (χ0n) is 14.1. The van der Waals surface area contributed by atoms with Crippen molar-refractivity contribution in [3.05, 3.63) is 29.8 Å². The zero-order valence-corrected chi connectivity index (χ0v) is 14.9. The van der Waals surface area contributed by atoms with E-state index in [1.807, 2.05) is 31.2 Å². The molecular formula is C18H26ClN3O2. The van der Waals surface area contributed by atoms with Crippen LogP contribution in [0.3, 0.4) is 0 Å². The molecule has 6 heteroatoms. The molecule has 2 fully saturated rings. The lowest BCUT2D eigenvalue weighted by atomic mass is 9.84. The molecule has 5 atom stereocenters. The Hall–Kier alpha value is -1.59. The minimum atomic E-state index is -0.109. The number of hydrogen-bond acceptors (Lipinski definition) is 3. The summed E-state index contributed by atoms with van der Waals surface area (Å²) in [6, 6.07) is 7.47. The van der Waals surface area contributed by atoms with Gasteiger partial charge in [0, 0.05) is 18.7 Å². The molecule has 2 bridgehead atoms. The maximum Gasteiger partial charge on any atom is 0.225 e. The first kappa shape index (κ1) is 18.7. The third-order valence-corrected chi connectivity index (χ3v) is 5.35. The third kappa shape index (κ3) is 3.73. The largest absolute Gasteiger partial charge is 0.349 e. The number of hydrogen-bond donors (Lipinski definition) is 3. The smallest absolute Gasteiger partial charge is 0.225 e. The second-order valence-electron chi connectivity index (χ2n) is 6.97. The van der Waals surface area contributed by atoms with E-state index < -0.39 is 0 Å². The summed E-state index contributed by atoms with van der Waals surface area (Å²) in [7, 11) is 0. The number of benzene rings is 1. The van der Waals surface area contributed by atoms with Crippen LogP contribution in [0.2, 0.25) is 0 Å². The van der Waals surface area contributed by atoms with Gasteiger partial charge < -0.3 is 16.4 Å². The Bertz CT molecular complexity index is 620. The lowest BCUT2D eigenvalue weighted by Gasteiger charge is -2.28. The molecule has 24 heavy (non-hydrogen) atoms. The number of nitrogens with one attached hydrogen (secondary N) is 2. The normalized spacial score (nSPS) is 28.8. The van der Waals surface area contributed by atoms with Crippen molar-refractivity contribution in [2.75, 3.05) is 5.32 Å². The Labute approximate surface area is 149 Å². The van der Waals surface area contributed by atoms with E-state index in [1.165, 1.54) is 13.3 Å². The topological polar surface area (TPSA) is 84.2 Å². The van der Waals surface area contributed by atoms with E-state index in [2.05, 4.69) is 10.6 Å². The molecule has 0 spiro atoms. The fraction of sp³-hybridized carbons (Fsp3) is 0.556. The molecule has 0 saturated heterocycles. The van der Waals surface area contributed by atoms with Crippen molar-refractivity contribution in [3.63, 3.8) is 0 Å². The highest BCUT2D eigenvalue weighted by Gasteiger charge is 2.49. The van der Waals surface area contributed by atoms with E-state index in [9.17, 15) is 9.59 Å². The maximum atomic E-state index is 12.6. The Balaban J connectivity index is 0.00000208. The van der Waals surface area contributed by atoms with Crippen LogP contribution < -0.4 is 16.4 Å². The molecule has 0 aliphatic heterocycles. The number of carbonyl (C=O) groups excluding carboxylic acids is 2. The fourth-order valence-corrected chi connectivity index (χ4v) is 4.21. The Kier molecular flexibility index (Phi) is 5.88. The minimum Gasteiger partial charge on any atom is -0.349 e. The average Bonchev–Trinajstić information content (AvgIpc) is 3.07. The van der Waals surface area contributed by atoms with Crippen LogP contribution in [-0.2, 0) is 9.59 Å². The Morgan fingerprint density at radius 3 is 2.58 bits per heavy atom. The van der Waals surface area contributed by atoms with E-state index in [-0.39, 0.29) is 42.2 Å². The van der Waals surface area contributed by atoms with Gasteiger partial charge in [0.2, 0.25) is 11.8 Å². The van der Waals surface area contributed by atoms with Crippen molar-refractivity contribution in [3.8, 4) is 0 Å². The van der Waals surface area contributed by atoms with E-state index in [0.717, 1.165) is 24.1 Å². The van der Waals surface area contributed by atoms with Crippen molar-refractivity contribution < 1.29 is 9.59 Å². The molecule has 3 rings (SSSR count). The van der Waals surface area contributed by atoms with Crippen molar-refractivity contribution in [1.82, 2.24) is 5.32 Å². The Morgan fingerprint density at radius 1 is 1.25 bits per heavy atom. The molecule has 2 aliphatic rings. The molecule has 1 aromatic rings. The van der Waals surface area contributed by atoms with Crippen molar-refractivity contribution >= 4 is 29.9 Å². The molecule has 0 radical (unpaired) electrons. The van der Waals surface area contributed by atoms with Crippen LogP contribution in [0.15, 0.2) is 24.3 Å². The summed E-state index contributed by atoms with van der Waals surface area (Å²) in [5.74, 6) is 0.894. The molecule has 5 nitrogen and oxygen atoms in total. The molecule has 2 aliphatic carbocycles. The van der Waals surface area contributed by atoms with Gasteiger partial charge in [-0.05, 0) is 55.7 Å². The van der Waals surface area contributed by atoms with Crippen LogP contribution in [0, 0.1) is 17.8 Å². The predicted molar refractivity (Wildman–Crippen MR) is 96.8 cm³/mol. The quantitative estimate of drug-likeness (QED) is 0.779. The van der Waals surface area contributed by atoms with Crippen LogP contribution in [0.5, 0.6) is 0 Å². The van der Waals surface area contributed by atoms with Gasteiger partial charge in [0.15, 0.2) is 0 Å². The Morgan fingerprint density at radius 2 is 1.96 bits per heavy atom. The number of halogens is 1. The highest BCUT2D eigenvalue weighted by Crippen LogP contribution is 2.47. The van der Waals surface area contributed by atoms with Crippen LogP contribution >= 0.6 is 12.4 Å². The monoisotopic (exact) mass is 351 g/mol. The van der Waals surface area contributed by atoms with Crippen LogP contribution in [-0.4, -0.2) is 17.9 Å². The molecule has 2 saturated carbocycles. The molecule has 4 N–H and O–H groups in total. The summed E-state index contributed by atoms with van der Waals surface area (Å²) in [6.07, 6.45) is 3.40.